The third kappa shape index (κ3) is 4.02. The molecule has 0 saturated carbocycles. The van der Waals surface area contributed by atoms with Crippen molar-refractivity contribution in [1.29, 1.82) is 5.41 Å². The summed E-state index contributed by atoms with van der Waals surface area (Å²) in [5.41, 5.74) is 7.42. The Balaban J connectivity index is 2.92. The zero-order chi connectivity index (χ0) is 13.4. The Morgan fingerprint density at radius 2 is 1.89 bits per heavy atom. The lowest BCUT2D eigenvalue weighted by atomic mass is 10.1. The lowest BCUT2D eigenvalue weighted by Gasteiger charge is -2.26. The lowest BCUT2D eigenvalue weighted by molar-refractivity contribution is 0.676. The van der Waals surface area contributed by atoms with Crippen LogP contribution in [0.1, 0.15) is 45.1 Å². The van der Waals surface area contributed by atoms with Crippen molar-refractivity contribution in [2.45, 2.75) is 39.5 Å². The maximum atomic E-state index is 7.65. The number of aromatic nitrogens is 1. The number of pyridine rings is 1. The zero-order valence-corrected chi connectivity index (χ0v) is 11.4. The van der Waals surface area contributed by atoms with Gasteiger partial charge in [-0.05, 0) is 18.9 Å². The lowest BCUT2D eigenvalue weighted by Crippen LogP contribution is -2.28. The second-order valence-electron chi connectivity index (χ2n) is 4.50. The molecular weight excluding hydrogens is 224 g/mol. The molecule has 18 heavy (non-hydrogen) atoms. The second-order valence-corrected chi connectivity index (χ2v) is 4.50. The van der Waals surface area contributed by atoms with Gasteiger partial charge in [0.05, 0.1) is 11.9 Å². The summed E-state index contributed by atoms with van der Waals surface area (Å²) in [6, 6.07) is 1.82. The van der Waals surface area contributed by atoms with Gasteiger partial charge >= 0.3 is 0 Å². The molecule has 1 heterocycles. The Hall–Kier alpha value is -1.58. The van der Waals surface area contributed by atoms with Crippen LogP contribution in [0.3, 0.4) is 0 Å². The highest BCUT2D eigenvalue weighted by Gasteiger charge is 2.12. The highest BCUT2D eigenvalue weighted by atomic mass is 15.1. The topological polar surface area (TPSA) is 66.0 Å². The Kier molecular flexibility index (Phi) is 6.19. The summed E-state index contributed by atoms with van der Waals surface area (Å²) in [6.07, 6.45) is 8.14. The summed E-state index contributed by atoms with van der Waals surface area (Å²) in [5, 5.41) is 7.65. The highest BCUT2D eigenvalue weighted by molar-refractivity contribution is 6.00. The molecule has 0 bridgehead atoms. The molecule has 1 rings (SSSR count). The Labute approximate surface area is 110 Å². The van der Waals surface area contributed by atoms with E-state index in [1.165, 1.54) is 0 Å². The SMILES string of the molecule is CCCCN(CCCC)c1cnccc1C(=N)N. The average molecular weight is 248 g/mol. The molecule has 3 N–H and O–H groups in total. The number of nitrogens with one attached hydrogen (secondary N) is 1. The quantitative estimate of drug-likeness (QED) is 0.549. The minimum Gasteiger partial charge on any atom is -0.384 e. The standard InChI is InChI=1S/C14H24N4/c1-3-5-9-18(10-6-4-2)13-11-17-8-7-12(13)14(15)16/h7-8,11H,3-6,9-10H2,1-2H3,(H3,15,16). The Morgan fingerprint density at radius 1 is 1.28 bits per heavy atom. The molecule has 0 aromatic carbocycles. The van der Waals surface area contributed by atoms with Crippen molar-refractivity contribution in [2.24, 2.45) is 5.73 Å². The van der Waals surface area contributed by atoms with Crippen molar-refractivity contribution >= 4 is 11.5 Å². The smallest absolute Gasteiger partial charge is 0.125 e. The number of nitrogens with two attached hydrogens (primary N) is 1. The maximum Gasteiger partial charge on any atom is 0.125 e. The summed E-state index contributed by atoms with van der Waals surface area (Å²) < 4.78 is 0. The molecule has 0 atom stereocenters. The van der Waals surface area contributed by atoms with Gasteiger partial charge in [-0.2, -0.15) is 0 Å². The number of hydrogen-bond donors (Lipinski definition) is 2. The summed E-state index contributed by atoms with van der Waals surface area (Å²) >= 11 is 0. The van der Waals surface area contributed by atoms with Crippen molar-refractivity contribution in [3.05, 3.63) is 24.0 Å². The van der Waals surface area contributed by atoms with E-state index < -0.39 is 0 Å². The van der Waals surface area contributed by atoms with Crippen molar-refractivity contribution in [3.63, 3.8) is 0 Å². The maximum absolute atomic E-state index is 7.65. The van der Waals surface area contributed by atoms with E-state index in [1.807, 2.05) is 12.3 Å². The van der Waals surface area contributed by atoms with Crippen LogP contribution in [-0.4, -0.2) is 23.9 Å². The van der Waals surface area contributed by atoms with Crippen LogP contribution in [0.5, 0.6) is 0 Å². The molecule has 1 aromatic heterocycles. The van der Waals surface area contributed by atoms with Gasteiger partial charge in [-0.25, -0.2) is 0 Å². The summed E-state index contributed by atoms with van der Waals surface area (Å²) in [4.78, 5) is 6.47. The summed E-state index contributed by atoms with van der Waals surface area (Å²) in [5.74, 6) is 0.116. The van der Waals surface area contributed by atoms with Gasteiger partial charge in [0.1, 0.15) is 5.84 Å². The minimum absolute atomic E-state index is 0.116. The fourth-order valence-corrected chi connectivity index (χ4v) is 1.92. The molecule has 4 heteroatoms. The van der Waals surface area contributed by atoms with Crippen LogP contribution in [0.25, 0.3) is 0 Å². The first-order valence-electron chi connectivity index (χ1n) is 6.74. The number of nitrogen functional groups attached to an aromatic ring is 1. The summed E-state index contributed by atoms with van der Waals surface area (Å²) in [7, 11) is 0. The zero-order valence-electron chi connectivity index (χ0n) is 11.4. The van der Waals surface area contributed by atoms with Crippen molar-refractivity contribution in [2.75, 3.05) is 18.0 Å². The minimum atomic E-state index is 0.116. The van der Waals surface area contributed by atoms with E-state index in [9.17, 15) is 0 Å². The fourth-order valence-electron chi connectivity index (χ4n) is 1.92. The average Bonchev–Trinajstić information content (AvgIpc) is 2.39. The molecule has 0 radical (unpaired) electrons. The Bertz CT molecular complexity index is 368. The van der Waals surface area contributed by atoms with E-state index >= 15 is 0 Å². The third-order valence-corrected chi connectivity index (χ3v) is 2.99. The molecule has 0 saturated heterocycles. The molecule has 0 unspecified atom stereocenters. The van der Waals surface area contributed by atoms with E-state index in [0.717, 1.165) is 50.0 Å². The number of nitrogens with zero attached hydrogens (tertiary/aromatic N) is 2. The monoisotopic (exact) mass is 248 g/mol. The van der Waals surface area contributed by atoms with Gasteiger partial charge < -0.3 is 10.6 Å². The van der Waals surface area contributed by atoms with E-state index in [4.69, 9.17) is 11.1 Å². The molecule has 1 aromatic rings. The van der Waals surface area contributed by atoms with Crippen LogP contribution in [0.4, 0.5) is 5.69 Å². The first-order chi connectivity index (χ1) is 8.70. The second kappa shape index (κ2) is 7.69. The molecule has 0 amide bonds. The van der Waals surface area contributed by atoms with E-state index in [-0.39, 0.29) is 5.84 Å². The van der Waals surface area contributed by atoms with Crippen LogP contribution in [0.2, 0.25) is 0 Å². The molecular formula is C14H24N4. The van der Waals surface area contributed by atoms with Gasteiger partial charge in [-0.1, -0.05) is 26.7 Å². The van der Waals surface area contributed by atoms with Gasteiger partial charge in [0.15, 0.2) is 0 Å². The van der Waals surface area contributed by atoms with Crippen LogP contribution in [0, 0.1) is 5.41 Å². The first kappa shape index (κ1) is 14.5. The first-order valence-corrected chi connectivity index (χ1v) is 6.74. The van der Waals surface area contributed by atoms with E-state index in [1.54, 1.807) is 6.20 Å². The normalized spacial score (nSPS) is 10.3. The van der Waals surface area contributed by atoms with E-state index in [0.29, 0.717) is 0 Å². The largest absolute Gasteiger partial charge is 0.384 e. The van der Waals surface area contributed by atoms with Crippen LogP contribution >= 0.6 is 0 Å². The molecule has 100 valence electrons. The van der Waals surface area contributed by atoms with Gasteiger partial charge in [0.2, 0.25) is 0 Å². The van der Waals surface area contributed by atoms with Crippen molar-refractivity contribution < 1.29 is 0 Å². The molecule has 0 aliphatic carbocycles. The fraction of sp³-hybridized carbons (Fsp3) is 0.571. The number of amidine groups is 1. The number of hydrogen-bond acceptors (Lipinski definition) is 3. The summed E-state index contributed by atoms with van der Waals surface area (Å²) in [6.45, 7) is 6.38. The molecule has 0 fully saturated rings. The van der Waals surface area contributed by atoms with Crippen molar-refractivity contribution in [1.82, 2.24) is 4.98 Å². The predicted molar refractivity (Wildman–Crippen MR) is 77.3 cm³/mol. The highest BCUT2D eigenvalue weighted by Crippen LogP contribution is 2.19. The van der Waals surface area contributed by atoms with Gasteiger partial charge in [0, 0.05) is 24.8 Å². The van der Waals surface area contributed by atoms with Gasteiger partial charge in [-0.15, -0.1) is 0 Å². The Morgan fingerprint density at radius 3 is 2.39 bits per heavy atom. The number of anilines is 1. The third-order valence-electron chi connectivity index (χ3n) is 2.99. The van der Waals surface area contributed by atoms with Gasteiger partial charge in [-0.3, -0.25) is 10.4 Å². The molecule has 0 aliphatic rings. The predicted octanol–water partition coefficient (Wildman–Crippen LogP) is 2.77. The van der Waals surface area contributed by atoms with E-state index in [2.05, 4.69) is 23.7 Å². The van der Waals surface area contributed by atoms with Crippen LogP contribution in [-0.2, 0) is 0 Å². The number of unbranched alkanes of at least 4 members (excludes halogenated alkanes) is 2. The number of rotatable bonds is 8. The van der Waals surface area contributed by atoms with Crippen LogP contribution < -0.4 is 10.6 Å². The molecule has 4 nitrogen and oxygen atoms in total. The molecule has 0 aliphatic heterocycles. The van der Waals surface area contributed by atoms with Gasteiger partial charge in [0.25, 0.3) is 0 Å². The molecule has 0 spiro atoms. The van der Waals surface area contributed by atoms with Crippen molar-refractivity contribution in [3.8, 4) is 0 Å². The van der Waals surface area contributed by atoms with Crippen LogP contribution in [0.15, 0.2) is 18.5 Å².